The van der Waals surface area contributed by atoms with Gasteiger partial charge in [-0.25, -0.2) is 4.39 Å². The van der Waals surface area contributed by atoms with Gasteiger partial charge < -0.3 is 10.1 Å². The van der Waals surface area contributed by atoms with E-state index in [0.717, 1.165) is 25.9 Å². The fourth-order valence-electron chi connectivity index (χ4n) is 1.66. The van der Waals surface area contributed by atoms with Gasteiger partial charge in [0.2, 0.25) is 0 Å². The van der Waals surface area contributed by atoms with Crippen LogP contribution in [0.5, 0.6) is 5.75 Å². The molecule has 0 amide bonds. The molecule has 1 aromatic rings. The first kappa shape index (κ1) is 13.6. The van der Waals surface area contributed by atoms with Crippen LogP contribution in [0.2, 0.25) is 5.02 Å². The molecule has 1 aliphatic heterocycles. The zero-order valence-corrected chi connectivity index (χ0v) is 10.3. The lowest BCUT2D eigenvalue weighted by Crippen LogP contribution is -2.34. The highest BCUT2D eigenvalue weighted by molar-refractivity contribution is 6.30. The van der Waals surface area contributed by atoms with Crippen LogP contribution in [0.3, 0.4) is 0 Å². The number of ether oxygens (including phenoxy) is 1. The molecule has 5 heteroatoms. The molecule has 16 heavy (non-hydrogen) atoms. The Hall–Kier alpha value is -0.510. The first-order valence-corrected chi connectivity index (χ1v) is 5.46. The van der Waals surface area contributed by atoms with Crippen molar-refractivity contribution >= 4 is 24.0 Å². The van der Waals surface area contributed by atoms with E-state index in [1.54, 1.807) is 6.07 Å². The molecule has 1 heterocycles. The highest BCUT2D eigenvalue weighted by Gasteiger charge is 2.14. The molecule has 0 aliphatic carbocycles. The monoisotopic (exact) mass is 265 g/mol. The number of rotatable bonds is 2. The molecule has 0 saturated carbocycles. The van der Waals surface area contributed by atoms with Crippen molar-refractivity contribution in [1.29, 1.82) is 0 Å². The second-order valence-electron chi connectivity index (χ2n) is 3.64. The number of hydrogen-bond acceptors (Lipinski definition) is 2. The summed E-state index contributed by atoms with van der Waals surface area (Å²) in [6.45, 7) is 1.92. The van der Waals surface area contributed by atoms with Crippen LogP contribution in [0, 0.1) is 5.82 Å². The lowest BCUT2D eigenvalue weighted by molar-refractivity contribution is 0.162. The number of halogens is 3. The van der Waals surface area contributed by atoms with Crippen molar-refractivity contribution in [3.63, 3.8) is 0 Å². The fourth-order valence-corrected chi connectivity index (χ4v) is 1.77. The molecule has 1 fully saturated rings. The minimum absolute atomic E-state index is 0. The van der Waals surface area contributed by atoms with E-state index in [-0.39, 0.29) is 23.5 Å². The van der Waals surface area contributed by atoms with E-state index < -0.39 is 5.82 Å². The molecule has 2 nitrogen and oxygen atoms in total. The van der Waals surface area contributed by atoms with Crippen molar-refractivity contribution in [3.05, 3.63) is 29.0 Å². The minimum atomic E-state index is -0.428. The molecule has 1 aromatic carbocycles. The third-order valence-corrected chi connectivity index (χ3v) is 2.79. The Kier molecular flexibility index (Phi) is 5.32. The van der Waals surface area contributed by atoms with Gasteiger partial charge in [-0.15, -0.1) is 12.4 Å². The van der Waals surface area contributed by atoms with Crippen molar-refractivity contribution in [2.75, 3.05) is 13.1 Å². The van der Waals surface area contributed by atoms with Crippen LogP contribution in [0.25, 0.3) is 0 Å². The lowest BCUT2D eigenvalue weighted by Gasteiger charge is -2.23. The smallest absolute Gasteiger partial charge is 0.145 e. The summed E-state index contributed by atoms with van der Waals surface area (Å²) in [6, 6.07) is 4.56. The normalized spacial score (nSPS) is 16.6. The highest BCUT2D eigenvalue weighted by atomic mass is 35.5. The number of piperidine rings is 1. The molecule has 0 unspecified atom stereocenters. The van der Waals surface area contributed by atoms with Gasteiger partial charge in [-0.05, 0) is 38.1 Å². The standard InChI is InChI=1S/C11H13ClFNO.ClH/c12-10-2-1-9(7-11(10)13)15-8-3-5-14-6-4-8;/h1-2,7-8,14H,3-6H2;1H. The molecule has 0 bridgehead atoms. The van der Waals surface area contributed by atoms with Crippen LogP contribution in [0.4, 0.5) is 4.39 Å². The van der Waals surface area contributed by atoms with E-state index in [4.69, 9.17) is 16.3 Å². The van der Waals surface area contributed by atoms with Crippen LogP contribution in [0.1, 0.15) is 12.8 Å². The third kappa shape index (κ3) is 3.51. The molecule has 0 atom stereocenters. The van der Waals surface area contributed by atoms with E-state index in [1.165, 1.54) is 12.1 Å². The number of benzene rings is 1. The first-order chi connectivity index (χ1) is 7.25. The summed E-state index contributed by atoms with van der Waals surface area (Å²) in [5.41, 5.74) is 0. The lowest BCUT2D eigenvalue weighted by atomic mass is 10.1. The zero-order chi connectivity index (χ0) is 10.7. The number of nitrogens with one attached hydrogen (secondary N) is 1. The van der Waals surface area contributed by atoms with Crippen molar-refractivity contribution in [2.24, 2.45) is 0 Å². The Morgan fingerprint density at radius 2 is 2.00 bits per heavy atom. The van der Waals surface area contributed by atoms with Crippen LogP contribution < -0.4 is 10.1 Å². The van der Waals surface area contributed by atoms with Gasteiger partial charge in [-0.3, -0.25) is 0 Å². The van der Waals surface area contributed by atoms with Gasteiger partial charge in [-0.2, -0.15) is 0 Å². The van der Waals surface area contributed by atoms with E-state index in [2.05, 4.69) is 5.32 Å². The Morgan fingerprint density at radius 1 is 1.31 bits per heavy atom. The molecule has 2 rings (SSSR count). The third-order valence-electron chi connectivity index (χ3n) is 2.48. The quantitative estimate of drug-likeness (QED) is 0.888. The van der Waals surface area contributed by atoms with Crippen molar-refractivity contribution < 1.29 is 9.13 Å². The van der Waals surface area contributed by atoms with E-state index in [9.17, 15) is 4.39 Å². The van der Waals surface area contributed by atoms with Gasteiger partial charge in [0.1, 0.15) is 17.7 Å². The summed E-state index contributed by atoms with van der Waals surface area (Å²) in [6.07, 6.45) is 2.11. The first-order valence-electron chi connectivity index (χ1n) is 5.08. The summed E-state index contributed by atoms with van der Waals surface area (Å²) in [5, 5.41) is 3.38. The largest absolute Gasteiger partial charge is 0.490 e. The van der Waals surface area contributed by atoms with Gasteiger partial charge in [0, 0.05) is 6.07 Å². The predicted molar refractivity (Wildman–Crippen MR) is 65.2 cm³/mol. The van der Waals surface area contributed by atoms with Gasteiger partial charge >= 0.3 is 0 Å². The minimum Gasteiger partial charge on any atom is -0.490 e. The summed E-state index contributed by atoms with van der Waals surface area (Å²) in [4.78, 5) is 0. The average molecular weight is 266 g/mol. The van der Waals surface area contributed by atoms with Crippen molar-refractivity contribution in [3.8, 4) is 5.75 Å². The molecule has 0 radical (unpaired) electrons. The molecule has 0 spiro atoms. The van der Waals surface area contributed by atoms with Crippen LogP contribution >= 0.6 is 24.0 Å². The highest BCUT2D eigenvalue weighted by Crippen LogP contribution is 2.22. The van der Waals surface area contributed by atoms with E-state index in [0.29, 0.717) is 5.75 Å². The van der Waals surface area contributed by atoms with Gasteiger partial charge in [0.05, 0.1) is 5.02 Å². The average Bonchev–Trinajstić information content (AvgIpc) is 2.25. The SMILES string of the molecule is Cl.Fc1cc(OC2CCNCC2)ccc1Cl. The summed E-state index contributed by atoms with van der Waals surface area (Å²) < 4.78 is 18.8. The Balaban J connectivity index is 0.00000128. The van der Waals surface area contributed by atoms with Gasteiger partial charge in [0.15, 0.2) is 0 Å². The Labute approximate surface area is 106 Å². The maximum Gasteiger partial charge on any atom is 0.145 e. The second kappa shape index (κ2) is 6.28. The number of hydrogen-bond donors (Lipinski definition) is 1. The van der Waals surface area contributed by atoms with E-state index in [1.807, 2.05) is 0 Å². The molecular formula is C11H14Cl2FNO. The molecule has 90 valence electrons. The summed E-state index contributed by atoms with van der Waals surface area (Å²) in [5.74, 6) is 0.131. The predicted octanol–water partition coefficient (Wildman–Crippen LogP) is 3.03. The summed E-state index contributed by atoms with van der Waals surface area (Å²) in [7, 11) is 0. The fraction of sp³-hybridized carbons (Fsp3) is 0.455. The van der Waals surface area contributed by atoms with Gasteiger partial charge in [0.25, 0.3) is 0 Å². The Morgan fingerprint density at radius 3 is 2.62 bits per heavy atom. The Bertz CT molecular complexity index is 343. The molecule has 1 saturated heterocycles. The van der Waals surface area contributed by atoms with Crippen LogP contribution in [-0.4, -0.2) is 19.2 Å². The van der Waals surface area contributed by atoms with Crippen molar-refractivity contribution in [1.82, 2.24) is 5.32 Å². The van der Waals surface area contributed by atoms with Crippen LogP contribution in [-0.2, 0) is 0 Å². The van der Waals surface area contributed by atoms with Gasteiger partial charge in [-0.1, -0.05) is 11.6 Å². The molecular weight excluding hydrogens is 252 g/mol. The zero-order valence-electron chi connectivity index (χ0n) is 8.71. The maximum absolute atomic E-state index is 13.1. The van der Waals surface area contributed by atoms with E-state index >= 15 is 0 Å². The topological polar surface area (TPSA) is 21.3 Å². The molecule has 1 N–H and O–H groups in total. The summed E-state index contributed by atoms with van der Waals surface area (Å²) >= 11 is 5.58. The maximum atomic E-state index is 13.1. The van der Waals surface area contributed by atoms with Crippen molar-refractivity contribution in [2.45, 2.75) is 18.9 Å². The second-order valence-corrected chi connectivity index (χ2v) is 4.05. The molecule has 1 aliphatic rings. The molecule has 0 aromatic heterocycles. The van der Waals surface area contributed by atoms with Crippen LogP contribution in [0.15, 0.2) is 18.2 Å².